The van der Waals surface area contributed by atoms with E-state index in [9.17, 15) is 1.37 Å². The molecule has 0 aliphatic carbocycles. The second kappa shape index (κ2) is 15.9. The molecular formula is C47H46GeIrN2SSi-2. The Morgan fingerprint density at radius 2 is 1.53 bits per heavy atom. The number of aryl methyl sites for hydroxylation is 1. The van der Waals surface area contributed by atoms with Gasteiger partial charge in [-0.2, -0.15) is 0 Å². The van der Waals surface area contributed by atoms with Gasteiger partial charge in [0.05, 0.1) is 8.07 Å². The smallest absolute Gasteiger partial charge is 0.0587 e. The van der Waals surface area contributed by atoms with E-state index in [0.29, 0.717) is 0 Å². The van der Waals surface area contributed by atoms with Gasteiger partial charge in [-0.15, -0.1) is 35.9 Å². The number of thiophene rings is 1. The predicted molar refractivity (Wildman–Crippen MR) is 232 cm³/mol. The topological polar surface area (TPSA) is 25.8 Å². The van der Waals surface area contributed by atoms with Gasteiger partial charge in [0.15, 0.2) is 0 Å². The fourth-order valence-corrected chi connectivity index (χ4v) is 11.2. The first-order valence-electron chi connectivity index (χ1n) is 18.5. The van der Waals surface area contributed by atoms with Gasteiger partial charge in [-0.3, -0.25) is 0 Å². The Labute approximate surface area is 337 Å². The van der Waals surface area contributed by atoms with Crippen molar-refractivity contribution in [2.45, 2.75) is 56.7 Å². The Bertz CT molecular complexity index is 2570. The quantitative estimate of drug-likeness (QED) is 0.123. The fourth-order valence-electron chi connectivity index (χ4n) is 6.51. The van der Waals surface area contributed by atoms with Crippen LogP contribution in [0, 0.1) is 19.1 Å². The van der Waals surface area contributed by atoms with E-state index in [2.05, 4.69) is 140 Å². The standard InChI is InChI=1S/C33H30GeNS.C14H16NSi.Ir/c1-21-9-10-23-11-12-24(18-26(23)17-21)22(2)25-15-16-35-31(19-25)29-8-6-7-28-30-20-27(34(3,4)5)13-14-32(30)36-33(28)29;1-16(2,3)13-9-10-14(15-11-13)12-7-5-4-6-8-12;/h6-7,9-20,22H,1-5H3;4-7,9-11H,1-3H3;/q2*-1;/i22D;;. The predicted octanol–water partition coefficient (Wildman–Crippen LogP) is 12.2. The van der Waals surface area contributed by atoms with Crippen molar-refractivity contribution in [3.63, 3.8) is 0 Å². The first-order chi connectivity index (χ1) is 25.2. The van der Waals surface area contributed by atoms with Gasteiger partial charge in [0.2, 0.25) is 0 Å². The number of hydrogen-bond acceptors (Lipinski definition) is 3. The molecule has 0 aliphatic heterocycles. The molecule has 8 rings (SSSR count). The average Bonchev–Trinajstić information content (AvgIpc) is 3.53. The van der Waals surface area contributed by atoms with Crippen molar-refractivity contribution in [1.82, 2.24) is 9.97 Å². The van der Waals surface area contributed by atoms with Crippen molar-refractivity contribution in [3.8, 4) is 22.5 Å². The van der Waals surface area contributed by atoms with E-state index in [1.54, 1.807) is 0 Å². The molecule has 1 radical (unpaired) electrons. The third-order valence-electron chi connectivity index (χ3n) is 9.79. The molecule has 0 bridgehead atoms. The van der Waals surface area contributed by atoms with Crippen molar-refractivity contribution >= 4 is 73.2 Å². The number of nitrogens with zero attached hydrogens (tertiary/aromatic N) is 2. The van der Waals surface area contributed by atoms with Crippen LogP contribution in [0.4, 0.5) is 0 Å². The molecule has 0 fully saturated rings. The van der Waals surface area contributed by atoms with Crippen LogP contribution >= 0.6 is 11.3 Å². The third kappa shape index (κ3) is 8.66. The summed E-state index contributed by atoms with van der Waals surface area (Å²) in [6.07, 6.45) is 3.86. The number of pyridine rings is 2. The van der Waals surface area contributed by atoms with Crippen molar-refractivity contribution in [2.24, 2.45) is 0 Å². The maximum absolute atomic E-state index is 9.40. The van der Waals surface area contributed by atoms with Gasteiger partial charge in [-0.05, 0) is 28.6 Å². The second-order valence-electron chi connectivity index (χ2n) is 15.7. The number of aromatic nitrogens is 2. The molecule has 0 aliphatic rings. The number of benzene rings is 5. The summed E-state index contributed by atoms with van der Waals surface area (Å²) in [6.45, 7) is 11.1. The van der Waals surface area contributed by atoms with Crippen LogP contribution in [0.15, 0.2) is 128 Å². The molecule has 1 atom stereocenters. The van der Waals surface area contributed by atoms with Gasteiger partial charge in [-0.1, -0.05) is 61.6 Å². The van der Waals surface area contributed by atoms with Gasteiger partial charge >= 0.3 is 175 Å². The van der Waals surface area contributed by atoms with Crippen molar-refractivity contribution < 1.29 is 21.5 Å². The average molecular weight is 965 g/mol. The zero-order chi connectivity index (χ0) is 37.5. The minimum atomic E-state index is -1.93. The Kier molecular flexibility index (Phi) is 11.3. The number of fused-ring (bicyclic) bond motifs is 4. The molecule has 0 N–H and O–H groups in total. The Balaban J connectivity index is 0.000000246. The van der Waals surface area contributed by atoms with Crippen molar-refractivity contribution in [2.75, 3.05) is 0 Å². The first-order valence-corrected chi connectivity index (χ1v) is 29.6. The van der Waals surface area contributed by atoms with Gasteiger partial charge in [0.25, 0.3) is 0 Å². The third-order valence-corrected chi connectivity index (χ3v) is 17.3. The van der Waals surface area contributed by atoms with Crippen LogP contribution in [-0.2, 0) is 20.1 Å². The summed E-state index contributed by atoms with van der Waals surface area (Å²) in [5, 5.41) is 6.37. The Morgan fingerprint density at radius 3 is 2.25 bits per heavy atom. The maximum atomic E-state index is 9.40. The van der Waals surface area contributed by atoms with Crippen LogP contribution in [0.3, 0.4) is 0 Å². The molecule has 0 saturated heterocycles. The number of rotatable bonds is 6. The zero-order valence-electron chi connectivity index (χ0n) is 32.8. The van der Waals surface area contributed by atoms with E-state index < -0.39 is 27.2 Å². The van der Waals surface area contributed by atoms with Crippen LogP contribution < -0.4 is 9.58 Å². The molecule has 0 spiro atoms. The summed E-state index contributed by atoms with van der Waals surface area (Å²) in [6, 6.07) is 47.1. The molecule has 3 aromatic heterocycles. The SMILES string of the molecule is C[Si](C)(C)c1ccc(-c2[c-]cccc2)nc1.[2H]C(C)(c1ccnc(-c2[c-]ccc3c2sc2cc[c]([Ge]([CH3])([CH3])[CH3])cc23)c1)c1ccc2ccc(C)cc2c1.[Ir]. The van der Waals surface area contributed by atoms with E-state index in [1.807, 2.05) is 67.1 Å². The molecule has 53 heavy (non-hydrogen) atoms. The second-order valence-corrected chi connectivity index (χ2v) is 32.5. The Morgan fingerprint density at radius 1 is 0.736 bits per heavy atom. The number of hydrogen-bond donors (Lipinski definition) is 0. The summed E-state index contributed by atoms with van der Waals surface area (Å²) in [4.78, 5) is 9.28. The fraction of sp³-hybridized carbons (Fsp3) is 0.191. The zero-order valence-corrected chi connectivity index (χ0v) is 38.1. The molecule has 269 valence electrons. The normalized spacial score (nSPS) is 13.2. The summed E-state index contributed by atoms with van der Waals surface area (Å²) in [5.41, 5.74) is 7.09. The van der Waals surface area contributed by atoms with Gasteiger partial charge < -0.3 is 4.98 Å². The molecule has 0 amide bonds. The van der Waals surface area contributed by atoms with Crippen LogP contribution in [0.5, 0.6) is 0 Å². The van der Waals surface area contributed by atoms with Crippen LogP contribution in [0.2, 0.25) is 36.9 Å². The Hall–Kier alpha value is -3.71. The molecular weight excluding hydrogens is 918 g/mol. The summed E-state index contributed by atoms with van der Waals surface area (Å²) in [5.74, 6) is 6.42. The molecule has 6 heteroatoms. The van der Waals surface area contributed by atoms with Crippen LogP contribution in [-0.4, -0.2) is 31.3 Å². The van der Waals surface area contributed by atoms with E-state index in [4.69, 9.17) is 4.98 Å². The monoisotopic (exact) mass is 966 g/mol. The minimum absolute atomic E-state index is 0. The van der Waals surface area contributed by atoms with Crippen LogP contribution in [0.25, 0.3) is 53.5 Å². The molecule has 3 heterocycles. The summed E-state index contributed by atoms with van der Waals surface area (Å²) < 4.78 is 13.4. The van der Waals surface area contributed by atoms with Crippen molar-refractivity contribution in [3.05, 3.63) is 156 Å². The molecule has 0 saturated carbocycles. The van der Waals surface area contributed by atoms with Gasteiger partial charge in [0.1, 0.15) is 0 Å². The van der Waals surface area contributed by atoms with Crippen LogP contribution in [0.1, 0.15) is 30.9 Å². The molecule has 1 unspecified atom stereocenters. The van der Waals surface area contributed by atoms with E-state index in [-0.39, 0.29) is 20.1 Å². The van der Waals surface area contributed by atoms with Crippen molar-refractivity contribution in [1.29, 1.82) is 0 Å². The van der Waals surface area contributed by atoms with E-state index >= 15 is 0 Å². The van der Waals surface area contributed by atoms with Gasteiger partial charge in [0, 0.05) is 26.3 Å². The summed E-state index contributed by atoms with van der Waals surface area (Å²) >= 11 is -0.116. The molecule has 5 aromatic carbocycles. The first kappa shape index (κ1) is 37.6. The minimum Gasteiger partial charge on any atom is -0.0587 e. The van der Waals surface area contributed by atoms with E-state index in [0.717, 1.165) is 33.6 Å². The summed E-state index contributed by atoms with van der Waals surface area (Å²) in [7, 11) is -1.23. The molecule has 8 aromatic rings. The van der Waals surface area contributed by atoms with E-state index in [1.165, 1.54) is 46.1 Å². The van der Waals surface area contributed by atoms with Gasteiger partial charge in [-0.25, -0.2) is 0 Å². The molecule has 2 nitrogen and oxygen atoms in total.